The summed E-state index contributed by atoms with van der Waals surface area (Å²) in [6.07, 6.45) is 0. The van der Waals surface area contributed by atoms with Gasteiger partial charge in [-0.2, -0.15) is 8.68 Å². The van der Waals surface area contributed by atoms with Gasteiger partial charge >= 0.3 is 0 Å². The molecular formula is C18H27N5O2S2. The van der Waals surface area contributed by atoms with Gasteiger partial charge in [0.1, 0.15) is 5.82 Å². The standard InChI is InChI=1S/C18H27N5O2S2/c1-18(2,3)16-20-17(26-21-16)19-13-14-7-5-6-8-15(14)27(24,25)23-11-9-22(4)10-12-23/h5-8H,9-13H2,1-4H3,(H,19,20,21). The van der Waals surface area contributed by atoms with Gasteiger partial charge in [0, 0.05) is 49.7 Å². The van der Waals surface area contributed by atoms with Crippen LogP contribution in [0.1, 0.15) is 32.2 Å². The summed E-state index contributed by atoms with van der Waals surface area (Å²) >= 11 is 1.30. The van der Waals surface area contributed by atoms with Gasteiger partial charge in [0.05, 0.1) is 4.90 Å². The van der Waals surface area contributed by atoms with Crippen LogP contribution in [0.15, 0.2) is 29.2 Å². The zero-order chi connectivity index (χ0) is 19.7. The molecule has 1 N–H and O–H groups in total. The SMILES string of the molecule is CN1CCN(S(=O)(=O)c2ccccc2CNc2nc(C(C)(C)C)ns2)CC1. The largest absolute Gasteiger partial charge is 0.356 e. The molecule has 1 aromatic carbocycles. The molecule has 1 fully saturated rings. The Kier molecular flexibility index (Phi) is 5.85. The van der Waals surface area contributed by atoms with Crippen molar-refractivity contribution in [2.45, 2.75) is 37.6 Å². The maximum atomic E-state index is 13.1. The highest BCUT2D eigenvalue weighted by Gasteiger charge is 2.29. The Morgan fingerprint density at radius 1 is 1.15 bits per heavy atom. The summed E-state index contributed by atoms with van der Waals surface area (Å²) in [4.78, 5) is 7.02. The number of likely N-dealkylation sites (N-methyl/N-ethyl adjacent to an activating group) is 1. The Morgan fingerprint density at radius 3 is 2.44 bits per heavy atom. The van der Waals surface area contributed by atoms with Crippen molar-refractivity contribution >= 4 is 26.7 Å². The number of aromatic nitrogens is 2. The van der Waals surface area contributed by atoms with E-state index >= 15 is 0 Å². The molecule has 0 unspecified atom stereocenters. The van der Waals surface area contributed by atoms with Crippen LogP contribution >= 0.6 is 11.5 Å². The number of benzene rings is 1. The van der Waals surface area contributed by atoms with Gasteiger partial charge in [0.25, 0.3) is 0 Å². The number of hydrogen-bond donors (Lipinski definition) is 1. The van der Waals surface area contributed by atoms with E-state index in [1.807, 2.05) is 19.2 Å². The Balaban J connectivity index is 1.77. The molecule has 27 heavy (non-hydrogen) atoms. The fraction of sp³-hybridized carbons (Fsp3) is 0.556. The van der Waals surface area contributed by atoms with Crippen molar-refractivity contribution in [1.82, 2.24) is 18.6 Å². The van der Waals surface area contributed by atoms with Gasteiger partial charge in [-0.05, 0) is 18.7 Å². The number of rotatable bonds is 5. The highest BCUT2D eigenvalue weighted by atomic mass is 32.2. The summed E-state index contributed by atoms with van der Waals surface area (Å²) in [6, 6.07) is 7.17. The molecule has 1 saturated heterocycles. The summed E-state index contributed by atoms with van der Waals surface area (Å²) in [6.45, 7) is 9.13. The minimum absolute atomic E-state index is 0.112. The molecule has 0 amide bonds. The number of nitrogens with zero attached hydrogens (tertiary/aromatic N) is 4. The lowest BCUT2D eigenvalue weighted by Gasteiger charge is -2.32. The molecule has 0 atom stereocenters. The molecule has 1 aromatic heterocycles. The van der Waals surface area contributed by atoms with E-state index in [-0.39, 0.29) is 5.41 Å². The highest BCUT2D eigenvalue weighted by molar-refractivity contribution is 7.89. The van der Waals surface area contributed by atoms with Crippen LogP contribution in [-0.4, -0.2) is 60.2 Å². The van der Waals surface area contributed by atoms with Crippen LogP contribution in [0.3, 0.4) is 0 Å². The lowest BCUT2D eigenvalue weighted by atomic mass is 9.96. The van der Waals surface area contributed by atoms with Crippen LogP contribution in [0.4, 0.5) is 5.13 Å². The number of nitrogens with one attached hydrogen (secondary N) is 1. The zero-order valence-electron chi connectivity index (χ0n) is 16.3. The maximum Gasteiger partial charge on any atom is 0.243 e. The van der Waals surface area contributed by atoms with E-state index in [1.165, 1.54) is 11.5 Å². The van der Waals surface area contributed by atoms with Gasteiger partial charge in [-0.15, -0.1) is 0 Å². The summed E-state index contributed by atoms with van der Waals surface area (Å²) in [7, 11) is -1.49. The lowest BCUT2D eigenvalue weighted by Crippen LogP contribution is -2.47. The summed E-state index contributed by atoms with van der Waals surface area (Å²) in [5, 5.41) is 3.93. The molecule has 9 heteroatoms. The first-order valence-corrected chi connectivity index (χ1v) is 11.2. The van der Waals surface area contributed by atoms with Crippen LogP contribution in [0.5, 0.6) is 0 Å². The molecule has 2 heterocycles. The third-order valence-corrected chi connectivity index (χ3v) is 7.25. The second-order valence-corrected chi connectivity index (χ2v) is 10.5. The maximum absolute atomic E-state index is 13.1. The number of anilines is 1. The van der Waals surface area contributed by atoms with Crippen molar-refractivity contribution in [3.8, 4) is 0 Å². The Hall–Kier alpha value is -1.55. The van der Waals surface area contributed by atoms with E-state index in [2.05, 4.69) is 40.3 Å². The summed E-state index contributed by atoms with van der Waals surface area (Å²) in [5.74, 6) is 0.786. The van der Waals surface area contributed by atoms with Crippen molar-refractivity contribution in [3.05, 3.63) is 35.7 Å². The van der Waals surface area contributed by atoms with Crippen molar-refractivity contribution in [1.29, 1.82) is 0 Å². The van der Waals surface area contributed by atoms with Crippen LogP contribution < -0.4 is 5.32 Å². The monoisotopic (exact) mass is 409 g/mol. The minimum Gasteiger partial charge on any atom is -0.356 e. The molecule has 0 spiro atoms. The van der Waals surface area contributed by atoms with Crippen LogP contribution in [0, 0.1) is 0 Å². The molecule has 1 aliphatic heterocycles. The van der Waals surface area contributed by atoms with Crippen LogP contribution in [-0.2, 0) is 22.0 Å². The van der Waals surface area contributed by atoms with E-state index < -0.39 is 10.0 Å². The third-order valence-electron chi connectivity index (χ3n) is 4.58. The first-order valence-electron chi connectivity index (χ1n) is 9.02. The van der Waals surface area contributed by atoms with Crippen LogP contribution in [0.25, 0.3) is 0 Å². The van der Waals surface area contributed by atoms with Gasteiger partial charge in [-0.3, -0.25) is 0 Å². The number of sulfonamides is 1. The van der Waals surface area contributed by atoms with Crippen molar-refractivity contribution < 1.29 is 8.42 Å². The smallest absolute Gasteiger partial charge is 0.243 e. The summed E-state index contributed by atoms with van der Waals surface area (Å²) < 4.78 is 32.2. The molecule has 7 nitrogen and oxygen atoms in total. The lowest BCUT2D eigenvalue weighted by molar-refractivity contribution is 0.222. The van der Waals surface area contributed by atoms with E-state index in [0.717, 1.165) is 24.5 Å². The second kappa shape index (κ2) is 7.83. The Labute approximate surface area is 165 Å². The van der Waals surface area contributed by atoms with Crippen molar-refractivity contribution in [2.75, 3.05) is 38.5 Å². The molecule has 2 aromatic rings. The average Bonchev–Trinajstić information content (AvgIpc) is 3.10. The molecule has 148 valence electrons. The first-order chi connectivity index (χ1) is 12.7. The molecule has 0 aliphatic carbocycles. The van der Waals surface area contributed by atoms with Gasteiger partial charge in [-0.25, -0.2) is 13.4 Å². The molecule has 3 rings (SSSR count). The van der Waals surface area contributed by atoms with Crippen molar-refractivity contribution in [2.24, 2.45) is 0 Å². The Morgan fingerprint density at radius 2 is 1.81 bits per heavy atom. The van der Waals surface area contributed by atoms with E-state index in [1.54, 1.807) is 16.4 Å². The fourth-order valence-electron chi connectivity index (χ4n) is 2.84. The third kappa shape index (κ3) is 4.66. The van der Waals surface area contributed by atoms with E-state index in [0.29, 0.717) is 29.7 Å². The van der Waals surface area contributed by atoms with Gasteiger partial charge in [0.2, 0.25) is 15.2 Å². The predicted molar refractivity (Wildman–Crippen MR) is 109 cm³/mol. The highest BCUT2D eigenvalue weighted by Crippen LogP contribution is 2.25. The second-order valence-electron chi connectivity index (χ2n) is 7.84. The average molecular weight is 410 g/mol. The molecule has 0 radical (unpaired) electrons. The normalized spacial score (nSPS) is 17.2. The molecule has 0 bridgehead atoms. The van der Waals surface area contributed by atoms with Gasteiger partial charge in [-0.1, -0.05) is 39.0 Å². The van der Waals surface area contributed by atoms with E-state index in [9.17, 15) is 8.42 Å². The Bertz CT molecular complexity index is 881. The van der Waals surface area contributed by atoms with Crippen molar-refractivity contribution in [3.63, 3.8) is 0 Å². The van der Waals surface area contributed by atoms with Gasteiger partial charge < -0.3 is 10.2 Å². The topological polar surface area (TPSA) is 78.4 Å². The zero-order valence-corrected chi connectivity index (χ0v) is 17.9. The number of piperazine rings is 1. The minimum atomic E-state index is -3.50. The fourth-order valence-corrected chi connectivity index (χ4v) is 5.24. The first kappa shape index (κ1) is 20.2. The molecule has 0 saturated carbocycles. The van der Waals surface area contributed by atoms with Gasteiger partial charge in [0.15, 0.2) is 0 Å². The number of hydrogen-bond acceptors (Lipinski definition) is 7. The van der Waals surface area contributed by atoms with Crippen LogP contribution in [0.2, 0.25) is 0 Å². The summed E-state index contributed by atoms with van der Waals surface area (Å²) in [5.41, 5.74) is 0.628. The molecule has 1 aliphatic rings. The quantitative estimate of drug-likeness (QED) is 0.817. The van der Waals surface area contributed by atoms with E-state index in [4.69, 9.17) is 0 Å². The predicted octanol–water partition coefficient (Wildman–Crippen LogP) is 2.38. The molecular weight excluding hydrogens is 382 g/mol.